The largest absolute Gasteiger partial charge is 0.269 e. The number of amides is 2. The fourth-order valence-corrected chi connectivity index (χ4v) is 2.83. The predicted molar refractivity (Wildman–Crippen MR) is 88.9 cm³/mol. The first-order valence-corrected chi connectivity index (χ1v) is 7.70. The van der Waals surface area contributed by atoms with E-state index in [1.807, 2.05) is 43.5 Å². The summed E-state index contributed by atoms with van der Waals surface area (Å²) in [4.78, 5) is 26.0. The van der Waals surface area contributed by atoms with Gasteiger partial charge in [0.25, 0.3) is 11.8 Å². The van der Waals surface area contributed by atoms with Crippen LogP contribution < -0.4 is 0 Å². The van der Waals surface area contributed by atoms with Crippen LogP contribution in [-0.4, -0.2) is 26.5 Å². The van der Waals surface area contributed by atoms with Crippen LogP contribution in [-0.2, 0) is 6.54 Å². The Morgan fingerprint density at radius 2 is 1.50 bits per heavy atom. The minimum absolute atomic E-state index is 0.172. The van der Waals surface area contributed by atoms with Gasteiger partial charge in [-0.25, -0.2) is 4.68 Å². The monoisotopic (exact) mass is 317 g/mol. The molecule has 5 nitrogen and oxygen atoms in total. The second kappa shape index (κ2) is 5.45. The van der Waals surface area contributed by atoms with Crippen molar-refractivity contribution < 1.29 is 9.59 Å². The lowest BCUT2D eigenvalue weighted by molar-refractivity contribution is 0.0640. The first-order valence-electron chi connectivity index (χ1n) is 7.70. The van der Waals surface area contributed by atoms with E-state index in [1.54, 1.807) is 28.9 Å². The summed E-state index contributed by atoms with van der Waals surface area (Å²) in [5.74, 6) is -0.527. The van der Waals surface area contributed by atoms with Crippen LogP contribution in [0.3, 0.4) is 0 Å². The predicted octanol–water partition coefficient (Wildman–Crippen LogP) is 2.98. The summed E-state index contributed by atoms with van der Waals surface area (Å²) >= 11 is 0. The maximum Gasteiger partial charge on any atom is 0.261 e. The van der Waals surface area contributed by atoms with E-state index in [4.69, 9.17) is 0 Å². The van der Waals surface area contributed by atoms with Gasteiger partial charge in [0.15, 0.2) is 0 Å². The summed E-state index contributed by atoms with van der Waals surface area (Å²) in [6.45, 7) is 2.20. The molecule has 1 aromatic heterocycles. The number of nitrogens with zero attached hydrogens (tertiary/aromatic N) is 3. The SMILES string of the molecule is Cc1ccc(-n2ccc(CN3C(=O)c4ccccc4C3=O)n2)cc1. The third-order valence-electron chi connectivity index (χ3n) is 4.14. The van der Waals surface area contributed by atoms with Crippen LogP contribution in [0.25, 0.3) is 5.69 Å². The van der Waals surface area contributed by atoms with Gasteiger partial charge in [-0.1, -0.05) is 29.8 Å². The van der Waals surface area contributed by atoms with Gasteiger partial charge in [-0.05, 0) is 37.3 Å². The third-order valence-corrected chi connectivity index (χ3v) is 4.14. The topological polar surface area (TPSA) is 55.2 Å². The molecule has 3 aromatic rings. The Labute approximate surface area is 139 Å². The maximum atomic E-state index is 12.4. The fraction of sp³-hybridized carbons (Fsp3) is 0.105. The molecule has 2 amide bonds. The van der Waals surface area contributed by atoms with Crippen molar-refractivity contribution in [1.82, 2.24) is 14.7 Å². The fourth-order valence-electron chi connectivity index (χ4n) is 2.83. The lowest BCUT2D eigenvalue weighted by Gasteiger charge is -2.11. The number of fused-ring (bicyclic) bond motifs is 1. The first-order chi connectivity index (χ1) is 11.6. The van der Waals surface area contributed by atoms with E-state index in [9.17, 15) is 9.59 Å². The van der Waals surface area contributed by atoms with Crippen LogP contribution in [0.5, 0.6) is 0 Å². The molecule has 0 spiro atoms. The van der Waals surface area contributed by atoms with Gasteiger partial charge in [0.05, 0.1) is 29.1 Å². The van der Waals surface area contributed by atoms with E-state index < -0.39 is 0 Å². The molecule has 0 atom stereocenters. The molecule has 0 saturated heterocycles. The van der Waals surface area contributed by atoms with E-state index >= 15 is 0 Å². The minimum atomic E-state index is -0.263. The van der Waals surface area contributed by atoms with Crippen molar-refractivity contribution in [2.75, 3.05) is 0 Å². The number of carbonyl (C=O) groups excluding carboxylic acids is 2. The smallest absolute Gasteiger partial charge is 0.261 e. The lowest BCUT2D eigenvalue weighted by Crippen LogP contribution is -2.29. The number of aromatic nitrogens is 2. The quantitative estimate of drug-likeness (QED) is 0.698. The minimum Gasteiger partial charge on any atom is -0.269 e. The number of benzene rings is 2. The van der Waals surface area contributed by atoms with Gasteiger partial charge >= 0.3 is 0 Å². The Morgan fingerprint density at radius 1 is 0.875 bits per heavy atom. The third kappa shape index (κ3) is 2.31. The van der Waals surface area contributed by atoms with Crippen LogP contribution >= 0.6 is 0 Å². The van der Waals surface area contributed by atoms with Crippen molar-refractivity contribution in [3.8, 4) is 5.69 Å². The average Bonchev–Trinajstić information content (AvgIpc) is 3.16. The molecule has 0 radical (unpaired) electrons. The second-order valence-corrected chi connectivity index (χ2v) is 5.83. The van der Waals surface area contributed by atoms with Gasteiger partial charge in [-0.15, -0.1) is 0 Å². The Hall–Kier alpha value is -3.21. The van der Waals surface area contributed by atoms with Crippen molar-refractivity contribution >= 4 is 11.8 Å². The number of rotatable bonds is 3. The van der Waals surface area contributed by atoms with Crippen molar-refractivity contribution in [1.29, 1.82) is 0 Å². The molecule has 0 unspecified atom stereocenters. The average molecular weight is 317 g/mol. The number of hydrogen-bond acceptors (Lipinski definition) is 3. The molecule has 0 fully saturated rings. The van der Waals surface area contributed by atoms with E-state index in [1.165, 1.54) is 10.5 Å². The number of carbonyl (C=O) groups is 2. The molecular formula is C19H15N3O2. The number of aryl methyl sites for hydroxylation is 1. The van der Waals surface area contributed by atoms with Crippen molar-refractivity contribution in [3.05, 3.63) is 83.2 Å². The van der Waals surface area contributed by atoms with Crippen molar-refractivity contribution in [2.24, 2.45) is 0 Å². The number of hydrogen-bond donors (Lipinski definition) is 0. The Kier molecular flexibility index (Phi) is 3.27. The molecule has 5 heteroatoms. The molecule has 0 aliphatic carbocycles. The molecule has 1 aliphatic rings. The van der Waals surface area contributed by atoms with Gasteiger partial charge in [0.2, 0.25) is 0 Å². The zero-order valence-corrected chi connectivity index (χ0v) is 13.1. The van der Waals surface area contributed by atoms with Gasteiger partial charge in [0.1, 0.15) is 0 Å². The summed E-state index contributed by atoms with van der Waals surface area (Å²) in [6, 6.07) is 16.7. The number of imide groups is 1. The maximum absolute atomic E-state index is 12.4. The van der Waals surface area contributed by atoms with Crippen LogP contribution in [0, 0.1) is 6.92 Å². The molecule has 2 aromatic carbocycles. The molecule has 0 N–H and O–H groups in total. The first kappa shape index (κ1) is 14.4. The van der Waals surface area contributed by atoms with Gasteiger partial charge in [-0.3, -0.25) is 14.5 Å². The van der Waals surface area contributed by atoms with Crippen LogP contribution in [0.4, 0.5) is 0 Å². The van der Waals surface area contributed by atoms with Crippen LogP contribution in [0.15, 0.2) is 60.8 Å². The van der Waals surface area contributed by atoms with E-state index in [2.05, 4.69) is 5.10 Å². The van der Waals surface area contributed by atoms with Crippen molar-refractivity contribution in [2.45, 2.75) is 13.5 Å². The van der Waals surface area contributed by atoms with Crippen LogP contribution in [0.2, 0.25) is 0 Å². The highest BCUT2D eigenvalue weighted by molar-refractivity contribution is 6.21. The van der Waals surface area contributed by atoms with E-state index in [-0.39, 0.29) is 18.4 Å². The van der Waals surface area contributed by atoms with Crippen molar-refractivity contribution in [3.63, 3.8) is 0 Å². The van der Waals surface area contributed by atoms with Gasteiger partial charge < -0.3 is 0 Å². The summed E-state index contributed by atoms with van der Waals surface area (Å²) in [5.41, 5.74) is 3.71. The summed E-state index contributed by atoms with van der Waals surface area (Å²) in [7, 11) is 0. The van der Waals surface area contributed by atoms with E-state index in [0.29, 0.717) is 16.8 Å². The normalized spacial score (nSPS) is 13.5. The molecule has 2 heterocycles. The molecule has 0 bridgehead atoms. The van der Waals surface area contributed by atoms with Crippen LogP contribution in [0.1, 0.15) is 32.0 Å². The van der Waals surface area contributed by atoms with E-state index in [0.717, 1.165) is 5.69 Å². The zero-order valence-electron chi connectivity index (χ0n) is 13.1. The molecule has 0 saturated carbocycles. The zero-order chi connectivity index (χ0) is 16.7. The second-order valence-electron chi connectivity index (χ2n) is 5.83. The standard InChI is InChI=1S/C19H15N3O2/c1-13-6-8-15(9-7-13)22-11-10-14(20-22)12-21-18(23)16-4-2-3-5-17(16)19(21)24/h2-11H,12H2,1H3. The molecular weight excluding hydrogens is 302 g/mol. The summed E-state index contributed by atoms with van der Waals surface area (Å²) < 4.78 is 1.74. The molecule has 24 heavy (non-hydrogen) atoms. The molecule has 118 valence electrons. The highest BCUT2D eigenvalue weighted by Crippen LogP contribution is 2.24. The Bertz CT molecular complexity index is 906. The summed E-state index contributed by atoms with van der Waals surface area (Å²) in [5, 5.41) is 4.48. The molecule has 1 aliphatic heterocycles. The van der Waals surface area contributed by atoms with Gasteiger partial charge in [0, 0.05) is 6.20 Å². The Balaban J connectivity index is 1.58. The highest BCUT2D eigenvalue weighted by atomic mass is 16.2. The highest BCUT2D eigenvalue weighted by Gasteiger charge is 2.35. The summed E-state index contributed by atoms with van der Waals surface area (Å²) in [6.07, 6.45) is 1.83. The lowest BCUT2D eigenvalue weighted by atomic mass is 10.1. The molecule has 4 rings (SSSR count). The van der Waals surface area contributed by atoms with Gasteiger partial charge in [-0.2, -0.15) is 5.10 Å². The Morgan fingerprint density at radius 3 is 2.12 bits per heavy atom.